The van der Waals surface area contributed by atoms with Crippen LogP contribution in [0, 0.1) is 6.92 Å². The molecule has 0 saturated heterocycles. The van der Waals surface area contributed by atoms with E-state index in [-0.39, 0.29) is 10.7 Å². The van der Waals surface area contributed by atoms with Gasteiger partial charge < -0.3 is 9.72 Å². The highest BCUT2D eigenvalue weighted by Gasteiger charge is 2.13. The Morgan fingerprint density at radius 2 is 2.22 bits per heavy atom. The first-order valence-corrected chi connectivity index (χ1v) is 6.10. The van der Waals surface area contributed by atoms with Gasteiger partial charge in [0.05, 0.1) is 7.11 Å². The van der Waals surface area contributed by atoms with E-state index in [4.69, 9.17) is 16.3 Å². The minimum absolute atomic E-state index is 0.213. The van der Waals surface area contributed by atoms with Crippen molar-refractivity contribution in [2.45, 2.75) is 17.1 Å². The summed E-state index contributed by atoms with van der Waals surface area (Å²) in [5, 5.41) is 1.13. The Hall–Kier alpha value is -1.60. The Labute approximate surface area is 112 Å². The van der Waals surface area contributed by atoms with Gasteiger partial charge in [0.2, 0.25) is 0 Å². The molecule has 2 aromatic rings. The molecule has 0 radical (unpaired) electrons. The minimum Gasteiger partial charge on any atom is -0.491 e. The van der Waals surface area contributed by atoms with Crippen molar-refractivity contribution in [2.24, 2.45) is 0 Å². The van der Waals surface area contributed by atoms with Crippen LogP contribution in [0.15, 0.2) is 27.4 Å². The molecule has 0 spiro atoms. The fourth-order valence-corrected chi connectivity index (χ4v) is 2.44. The Morgan fingerprint density at radius 1 is 1.44 bits per heavy atom. The van der Waals surface area contributed by atoms with E-state index >= 15 is 0 Å². The van der Waals surface area contributed by atoms with Crippen molar-refractivity contribution in [1.29, 1.82) is 0 Å². The number of methoxy groups -OCH3 is 1. The molecule has 0 aliphatic rings. The van der Waals surface area contributed by atoms with Crippen molar-refractivity contribution in [2.75, 3.05) is 7.11 Å². The number of nitrogens with zero attached hydrogens (tertiary/aromatic N) is 3. The van der Waals surface area contributed by atoms with Gasteiger partial charge in [0.1, 0.15) is 6.33 Å². The first-order chi connectivity index (χ1) is 8.60. The molecule has 0 unspecified atom stereocenters. The van der Waals surface area contributed by atoms with E-state index in [9.17, 15) is 4.79 Å². The number of hydrogen-bond donors (Lipinski definition) is 1. The standard InChI is InChI=1S/C10H9ClN4O2S/c1-5-3-6(16)15-10(14-5)18-9-7(17-2)8(11)12-4-13-9/h3-4H,1-2H3,(H,14,15,16). The lowest BCUT2D eigenvalue weighted by Crippen LogP contribution is -2.08. The molecule has 6 nitrogen and oxygen atoms in total. The second kappa shape index (κ2) is 5.36. The molecule has 0 atom stereocenters. The Kier molecular flexibility index (Phi) is 3.83. The molecular formula is C10H9ClN4O2S. The van der Waals surface area contributed by atoms with E-state index in [0.717, 1.165) is 11.8 Å². The fraction of sp³-hybridized carbons (Fsp3) is 0.200. The summed E-state index contributed by atoms with van der Waals surface area (Å²) in [5.74, 6) is 0.355. The molecule has 0 amide bonds. The normalized spacial score (nSPS) is 10.4. The summed E-state index contributed by atoms with van der Waals surface area (Å²) in [6.45, 7) is 1.74. The Balaban J connectivity index is 2.39. The lowest BCUT2D eigenvalue weighted by molar-refractivity contribution is 0.398. The summed E-state index contributed by atoms with van der Waals surface area (Å²) < 4.78 is 5.11. The lowest BCUT2D eigenvalue weighted by Gasteiger charge is -2.07. The summed E-state index contributed by atoms with van der Waals surface area (Å²) in [7, 11) is 1.47. The average Bonchev–Trinajstić information content (AvgIpc) is 2.27. The summed E-state index contributed by atoms with van der Waals surface area (Å²) in [4.78, 5) is 26.0. The quantitative estimate of drug-likeness (QED) is 0.682. The van der Waals surface area contributed by atoms with Gasteiger partial charge in [-0.2, -0.15) is 0 Å². The molecule has 18 heavy (non-hydrogen) atoms. The number of halogens is 1. The third-order valence-corrected chi connectivity index (χ3v) is 3.11. The molecule has 0 saturated carbocycles. The molecule has 1 N–H and O–H groups in total. The highest BCUT2D eigenvalue weighted by Crippen LogP contribution is 2.34. The van der Waals surface area contributed by atoms with Crippen LogP contribution in [-0.2, 0) is 0 Å². The van der Waals surface area contributed by atoms with Crippen LogP contribution in [-0.4, -0.2) is 27.0 Å². The van der Waals surface area contributed by atoms with Crippen LogP contribution in [0.5, 0.6) is 5.75 Å². The van der Waals surface area contributed by atoms with E-state index in [1.54, 1.807) is 6.92 Å². The predicted molar refractivity (Wildman–Crippen MR) is 67.3 cm³/mol. The van der Waals surface area contributed by atoms with Crippen molar-refractivity contribution in [3.8, 4) is 5.75 Å². The van der Waals surface area contributed by atoms with E-state index < -0.39 is 0 Å². The number of rotatable bonds is 3. The van der Waals surface area contributed by atoms with Crippen LogP contribution in [0.25, 0.3) is 0 Å². The van der Waals surface area contributed by atoms with Crippen LogP contribution in [0.3, 0.4) is 0 Å². The first-order valence-electron chi connectivity index (χ1n) is 4.90. The molecule has 2 rings (SSSR count). The van der Waals surface area contributed by atoms with Crippen LogP contribution in [0.2, 0.25) is 5.15 Å². The van der Waals surface area contributed by atoms with Crippen molar-refractivity contribution in [3.63, 3.8) is 0 Å². The highest BCUT2D eigenvalue weighted by atomic mass is 35.5. The maximum Gasteiger partial charge on any atom is 0.251 e. The summed E-state index contributed by atoms with van der Waals surface area (Å²) in [6, 6.07) is 1.41. The zero-order valence-electron chi connectivity index (χ0n) is 9.60. The van der Waals surface area contributed by atoms with Gasteiger partial charge in [-0.3, -0.25) is 4.79 Å². The number of aromatic amines is 1. The molecule has 0 aliphatic heterocycles. The lowest BCUT2D eigenvalue weighted by atomic mass is 10.5. The molecule has 0 aromatic carbocycles. The van der Waals surface area contributed by atoms with Gasteiger partial charge in [-0.1, -0.05) is 11.6 Å². The van der Waals surface area contributed by atoms with Crippen molar-refractivity contribution < 1.29 is 4.74 Å². The summed E-state index contributed by atoms with van der Waals surface area (Å²) in [5.41, 5.74) is 0.407. The van der Waals surface area contributed by atoms with Crippen LogP contribution in [0.1, 0.15) is 5.69 Å². The van der Waals surface area contributed by atoms with Crippen molar-refractivity contribution >= 4 is 23.4 Å². The molecular weight excluding hydrogens is 276 g/mol. The van der Waals surface area contributed by atoms with Gasteiger partial charge in [-0.05, 0) is 18.7 Å². The summed E-state index contributed by atoms with van der Waals surface area (Å²) >= 11 is 7.03. The molecule has 94 valence electrons. The molecule has 2 heterocycles. The predicted octanol–water partition coefficient (Wildman–Crippen LogP) is 1.68. The monoisotopic (exact) mass is 284 g/mol. The van der Waals surface area contributed by atoms with Gasteiger partial charge in [-0.15, -0.1) is 0 Å². The third-order valence-electron chi connectivity index (χ3n) is 1.97. The van der Waals surface area contributed by atoms with Crippen molar-refractivity contribution in [1.82, 2.24) is 19.9 Å². The van der Waals surface area contributed by atoms with Crippen molar-refractivity contribution in [3.05, 3.63) is 33.6 Å². The number of hydrogen-bond acceptors (Lipinski definition) is 6. The SMILES string of the molecule is COc1c(Cl)ncnc1Sc1nc(C)cc(=O)[nH]1. The molecule has 8 heteroatoms. The van der Waals surface area contributed by atoms with E-state index in [1.807, 2.05) is 0 Å². The summed E-state index contributed by atoms with van der Waals surface area (Å²) in [6.07, 6.45) is 1.32. The van der Waals surface area contributed by atoms with Gasteiger partial charge in [0.25, 0.3) is 5.56 Å². The average molecular weight is 285 g/mol. The van der Waals surface area contributed by atoms with Gasteiger partial charge in [0.15, 0.2) is 21.1 Å². The minimum atomic E-state index is -0.218. The van der Waals surface area contributed by atoms with Gasteiger partial charge in [0, 0.05) is 11.8 Å². The van der Waals surface area contributed by atoms with Crippen LogP contribution in [0.4, 0.5) is 0 Å². The van der Waals surface area contributed by atoms with E-state index in [1.165, 1.54) is 19.5 Å². The zero-order valence-corrected chi connectivity index (χ0v) is 11.2. The maximum atomic E-state index is 11.3. The van der Waals surface area contributed by atoms with Crippen LogP contribution >= 0.6 is 23.4 Å². The van der Waals surface area contributed by atoms with Gasteiger partial charge in [-0.25, -0.2) is 15.0 Å². The second-order valence-electron chi connectivity index (χ2n) is 3.30. The molecule has 0 aliphatic carbocycles. The van der Waals surface area contributed by atoms with E-state index in [0.29, 0.717) is 21.6 Å². The van der Waals surface area contributed by atoms with Crippen LogP contribution < -0.4 is 10.3 Å². The van der Waals surface area contributed by atoms with E-state index in [2.05, 4.69) is 19.9 Å². The molecule has 2 aromatic heterocycles. The topological polar surface area (TPSA) is 80.8 Å². The van der Waals surface area contributed by atoms with Gasteiger partial charge >= 0.3 is 0 Å². The number of nitrogens with one attached hydrogen (secondary N) is 1. The fourth-order valence-electron chi connectivity index (χ4n) is 1.27. The Morgan fingerprint density at radius 3 is 2.89 bits per heavy atom. The maximum absolute atomic E-state index is 11.3. The molecule has 0 fully saturated rings. The largest absolute Gasteiger partial charge is 0.491 e. The number of H-pyrrole nitrogens is 1. The molecule has 0 bridgehead atoms. The highest BCUT2D eigenvalue weighted by molar-refractivity contribution is 7.99. The smallest absolute Gasteiger partial charge is 0.251 e. The second-order valence-corrected chi connectivity index (χ2v) is 4.63. The number of aryl methyl sites for hydroxylation is 1. The number of ether oxygens (including phenoxy) is 1. The zero-order chi connectivity index (χ0) is 13.1. The first kappa shape index (κ1) is 12.8. The third kappa shape index (κ3) is 2.80. The Bertz CT molecular complexity index is 632. The number of aromatic nitrogens is 4.